The lowest BCUT2D eigenvalue weighted by Gasteiger charge is -2.15. The number of benzene rings is 1. The lowest BCUT2D eigenvalue weighted by Crippen LogP contribution is -2.34. The normalized spacial score (nSPS) is 15.8. The fraction of sp³-hybridized carbons (Fsp3) is 0.333. The number of nitrogens with zero attached hydrogens (tertiary/aromatic N) is 4. The number of anilines is 1. The maximum absolute atomic E-state index is 12.8. The van der Waals surface area contributed by atoms with Crippen LogP contribution in [0.5, 0.6) is 0 Å². The van der Waals surface area contributed by atoms with Crippen molar-refractivity contribution in [3.8, 4) is 11.3 Å². The smallest absolute Gasteiger partial charge is 0.267 e. The van der Waals surface area contributed by atoms with Crippen molar-refractivity contribution in [2.24, 2.45) is 0 Å². The average Bonchev–Trinajstić information content (AvgIpc) is 3.42. The maximum atomic E-state index is 12.8. The van der Waals surface area contributed by atoms with Gasteiger partial charge in [-0.2, -0.15) is 5.10 Å². The van der Waals surface area contributed by atoms with E-state index >= 15 is 0 Å². The van der Waals surface area contributed by atoms with E-state index in [4.69, 9.17) is 0 Å². The molecule has 7 nitrogen and oxygen atoms in total. The van der Waals surface area contributed by atoms with E-state index in [9.17, 15) is 9.59 Å². The lowest BCUT2D eigenvalue weighted by atomic mass is 10.1. The first-order valence-electron chi connectivity index (χ1n) is 9.81. The number of fused-ring (bicyclic) bond motifs is 2. The van der Waals surface area contributed by atoms with Crippen LogP contribution in [-0.2, 0) is 24.2 Å². The van der Waals surface area contributed by atoms with Crippen molar-refractivity contribution in [2.75, 3.05) is 11.1 Å². The molecule has 1 aromatic carbocycles. The zero-order chi connectivity index (χ0) is 20.0. The molecule has 2 aliphatic rings. The minimum absolute atomic E-state index is 0.230. The van der Waals surface area contributed by atoms with Crippen LogP contribution in [0.15, 0.2) is 46.5 Å². The highest BCUT2D eigenvalue weighted by molar-refractivity contribution is 7.99. The van der Waals surface area contributed by atoms with E-state index in [1.54, 1.807) is 24.8 Å². The molecule has 1 unspecified atom stereocenters. The molecule has 3 heterocycles. The Morgan fingerprint density at radius 3 is 3.03 bits per heavy atom. The van der Waals surface area contributed by atoms with Gasteiger partial charge in [0.05, 0.1) is 11.4 Å². The van der Waals surface area contributed by atoms with Gasteiger partial charge in [0.2, 0.25) is 5.91 Å². The van der Waals surface area contributed by atoms with Gasteiger partial charge in [-0.3, -0.25) is 9.59 Å². The molecule has 1 aliphatic carbocycles. The van der Waals surface area contributed by atoms with Crippen molar-refractivity contribution in [1.82, 2.24) is 19.3 Å². The van der Waals surface area contributed by atoms with Crippen molar-refractivity contribution in [1.29, 1.82) is 0 Å². The van der Waals surface area contributed by atoms with Gasteiger partial charge in [-0.15, -0.1) is 0 Å². The number of carbonyl (C=O) groups excluding carboxylic acids is 1. The predicted molar refractivity (Wildman–Crippen MR) is 112 cm³/mol. The summed E-state index contributed by atoms with van der Waals surface area (Å²) >= 11 is 1.75. The van der Waals surface area contributed by atoms with Crippen LogP contribution in [0.25, 0.3) is 11.3 Å². The van der Waals surface area contributed by atoms with Gasteiger partial charge in [0.25, 0.3) is 5.56 Å². The third-order valence-electron chi connectivity index (χ3n) is 5.46. The SMILES string of the molecule is CC(C(=O)Nc1cccc(-c2cn3c(n2)SCC3)c1)n1nc2c(cc1=O)CCC2. The number of thioether (sulfide) groups is 1. The van der Waals surface area contributed by atoms with Gasteiger partial charge < -0.3 is 9.88 Å². The van der Waals surface area contributed by atoms with E-state index in [1.165, 1.54) is 4.68 Å². The number of carbonyl (C=O) groups is 1. The largest absolute Gasteiger partial charge is 0.325 e. The summed E-state index contributed by atoms with van der Waals surface area (Å²) < 4.78 is 3.44. The zero-order valence-corrected chi connectivity index (χ0v) is 16.9. The summed E-state index contributed by atoms with van der Waals surface area (Å²) in [6, 6.07) is 8.55. The predicted octanol–water partition coefficient (Wildman–Crippen LogP) is 2.90. The summed E-state index contributed by atoms with van der Waals surface area (Å²) in [6.45, 7) is 2.68. The number of aryl methyl sites for hydroxylation is 3. The van der Waals surface area contributed by atoms with Crippen LogP contribution in [0, 0.1) is 0 Å². The molecule has 1 N–H and O–H groups in total. The molecule has 148 valence electrons. The Labute approximate surface area is 172 Å². The molecule has 2 aromatic heterocycles. The van der Waals surface area contributed by atoms with E-state index in [0.29, 0.717) is 5.69 Å². The summed E-state index contributed by atoms with van der Waals surface area (Å²) in [5.74, 6) is 0.796. The van der Waals surface area contributed by atoms with Crippen LogP contribution in [0.1, 0.15) is 30.6 Å². The van der Waals surface area contributed by atoms with Crippen molar-refractivity contribution in [2.45, 2.75) is 43.9 Å². The summed E-state index contributed by atoms with van der Waals surface area (Å²) in [5, 5.41) is 8.39. The maximum Gasteiger partial charge on any atom is 0.267 e. The average molecular weight is 407 g/mol. The molecule has 8 heteroatoms. The second-order valence-corrected chi connectivity index (χ2v) is 8.51. The summed E-state index contributed by atoms with van der Waals surface area (Å²) in [5.41, 5.74) is 4.23. The quantitative estimate of drug-likeness (QED) is 0.719. The Hall–Kier alpha value is -2.87. The number of hydrogen-bond donors (Lipinski definition) is 1. The van der Waals surface area contributed by atoms with Crippen molar-refractivity contribution in [3.05, 3.63) is 58.1 Å². The van der Waals surface area contributed by atoms with Crippen LogP contribution in [0.4, 0.5) is 5.69 Å². The fourth-order valence-electron chi connectivity index (χ4n) is 3.86. The Morgan fingerprint density at radius 1 is 1.28 bits per heavy atom. The highest BCUT2D eigenvalue weighted by Crippen LogP contribution is 2.30. The first-order valence-corrected chi connectivity index (χ1v) is 10.8. The highest BCUT2D eigenvalue weighted by Gasteiger charge is 2.22. The van der Waals surface area contributed by atoms with Crippen molar-refractivity contribution >= 4 is 23.4 Å². The second kappa shape index (κ2) is 7.18. The number of imidazole rings is 1. The van der Waals surface area contributed by atoms with Crippen molar-refractivity contribution < 1.29 is 4.79 Å². The molecule has 0 radical (unpaired) electrons. The van der Waals surface area contributed by atoms with E-state index in [1.807, 2.05) is 30.5 Å². The molecule has 5 rings (SSSR count). The number of nitrogens with one attached hydrogen (secondary N) is 1. The molecule has 1 atom stereocenters. The third-order valence-corrected chi connectivity index (χ3v) is 6.43. The van der Waals surface area contributed by atoms with Gasteiger partial charge in [-0.1, -0.05) is 23.9 Å². The molecule has 1 amide bonds. The monoisotopic (exact) mass is 407 g/mol. The number of amides is 1. The molecule has 0 saturated heterocycles. The molecular weight excluding hydrogens is 386 g/mol. The molecular formula is C21H21N5O2S. The fourth-order valence-corrected chi connectivity index (χ4v) is 4.80. The van der Waals surface area contributed by atoms with E-state index in [0.717, 1.165) is 59.2 Å². The van der Waals surface area contributed by atoms with Gasteiger partial charge in [-0.25, -0.2) is 9.67 Å². The van der Waals surface area contributed by atoms with Crippen LogP contribution < -0.4 is 10.9 Å². The van der Waals surface area contributed by atoms with Gasteiger partial charge in [0.15, 0.2) is 5.16 Å². The van der Waals surface area contributed by atoms with Gasteiger partial charge >= 0.3 is 0 Å². The van der Waals surface area contributed by atoms with E-state index in [-0.39, 0.29) is 11.5 Å². The summed E-state index contributed by atoms with van der Waals surface area (Å²) in [7, 11) is 0. The van der Waals surface area contributed by atoms with E-state index < -0.39 is 6.04 Å². The first-order chi connectivity index (χ1) is 14.1. The molecule has 1 aliphatic heterocycles. The molecule has 0 bridgehead atoms. The minimum Gasteiger partial charge on any atom is -0.325 e. The second-order valence-electron chi connectivity index (χ2n) is 7.45. The molecule has 3 aromatic rings. The number of rotatable bonds is 4. The molecule has 0 saturated carbocycles. The molecule has 0 fully saturated rings. The van der Waals surface area contributed by atoms with Gasteiger partial charge in [0, 0.05) is 35.8 Å². The van der Waals surface area contributed by atoms with Crippen LogP contribution >= 0.6 is 11.8 Å². The first kappa shape index (κ1) is 18.2. The summed E-state index contributed by atoms with van der Waals surface area (Å²) in [6.07, 6.45) is 4.81. The Balaban J connectivity index is 1.36. The standard InChI is InChI=1S/C21H21N5O2S/c1-13(26-19(27)11-15-5-3-7-17(15)24-26)20(28)22-16-6-2-4-14(10-16)18-12-25-8-9-29-21(25)23-18/h2,4,6,10-13H,3,5,7-9H2,1H3,(H,22,28). The minimum atomic E-state index is -0.690. The summed E-state index contributed by atoms with van der Waals surface area (Å²) in [4.78, 5) is 29.9. The van der Waals surface area contributed by atoms with E-state index in [2.05, 4.69) is 20.0 Å². The van der Waals surface area contributed by atoms with Crippen LogP contribution in [-0.4, -0.2) is 31.0 Å². The zero-order valence-electron chi connectivity index (χ0n) is 16.1. The van der Waals surface area contributed by atoms with Gasteiger partial charge in [0.1, 0.15) is 6.04 Å². The molecule has 0 spiro atoms. The lowest BCUT2D eigenvalue weighted by molar-refractivity contribution is -0.119. The van der Waals surface area contributed by atoms with Gasteiger partial charge in [-0.05, 0) is 43.9 Å². The Morgan fingerprint density at radius 2 is 2.17 bits per heavy atom. The van der Waals surface area contributed by atoms with Crippen LogP contribution in [0.2, 0.25) is 0 Å². The Kier molecular flexibility index (Phi) is 4.50. The topological polar surface area (TPSA) is 81.8 Å². The molecule has 29 heavy (non-hydrogen) atoms. The van der Waals surface area contributed by atoms with Crippen molar-refractivity contribution in [3.63, 3.8) is 0 Å². The number of hydrogen-bond acceptors (Lipinski definition) is 5. The highest BCUT2D eigenvalue weighted by atomic mass is 32.2. The van der Waals surface area contributed by atoms with Crippen LogP contribution in [0.3, 0.4) is 0 Å². The third kappa shape index (κ3) is 3.37. The number of aromatic nitrogens is 4. The Bertz CT molecular complexity index is 1140.